The Labute approximate surface area is 229 Å². The molecule has 1 atom stereocenters. The molecule has 0 radical (unpaired) electrons. The number of alkyl carbamates (subject to hydrolysis) is 1. The molecule has 10 heteroatoms. The molecule has 3 rings (SSSR count). The molecule has 0 saturated carbocycles. The van der Waals surface area contributed by atoms with Crippen molar-refractivity contribution in [1.29, 1.82) is 5.26 Å². The standard InChI is InChI=1S/C27H22Cl3N3O4/c1-18(34)33(25(35)23-9-7-19(15-31)8-10-23)24(16-32-26(36)37-17-27(28,29)30)22-13-11-21(12-14-22)20-5-3-2-4-6-20/h2-14,24H,16-17H2,1H3,(H,32,36). The number of imide groups is 1. The number of benzene rings is 3. The average Bonchev–Trinajstić information content (AvgIpc) is 2.89. The summed E-state index contributed by atoms with van der Waals surface area (Å²) in [5.41, 5.74) is 3.11. The Hall–Kier alpha value is -3.57. The van der Waals surface area contributed by atoms with Crippen LogP contribution in [0.5, 0.6) is 0 Å². The summed E-state index contributed by atoms with van der Waals surface area (Å²) in [4.78, 5) is 39.4. The van der Waals surface area contributed by atoms with E-state index in [1.54, 1.807) is 12.1 Å². The summed E-state index contributed by atoms with van der Waals surface area (Å²) in [5, 5.41) is 11.6. The summed E-state index contributed by atoms with van der Waals surface area (Å²) in [6, 6.07) is 24.0. The van der Waals surface area contributed by atoms with Crippen molar-refractivity contribution in [1.82, 2.24) is 10.2 Å². The Morgan fingerprint density at radius 3 is 2.08 bits per heavy atom. The highest BCUT2D eigenvalue weighted by Gasteiger charge is 2.31. The number of nitriles is 1. The minimum Gasteiger partial charge on any atom is -0.445 e. The molecule has 0 aliphatic rings. The second-order valence-corrected chi connectivity index (χ2v) is 10.5. The van der Waals surface area contributed by atoms with Gasteiger partial charge in [0.2, 0.25) is 9.70 Å². The number of ether oxygens (including phenoxy) is 1. The average molecular weight is 559 g/mol. The van der Waals surface area contributed by atoms with Gasteiger partial charge in [0.1, 0.15) is 6.61 Å². The first kappa shape index (κ1) is 28.0. The molecule has 190 valence electrons. The normalized spacial score (nSPS) is 11.6. The fraction of sp³-hybridized carbons (Fsp3) is 0.185. The maximum Gasteiger partial charge on any atom is 0.407 e. The molecule has 0 fully saturated rings. The van der Waals surface area contributed by atoms with Gasteiger partial charge in [0.05, 0.1) is 17.7 Å². The molecule has 7 nitrogen and oxygen atoms in total. The Balaban J connectivity index is 1.92. The molecule has 3 aromatic carbocycles. The molecule has 0 aliphatic carbocycles. The van der Waals surface area contributed by atoms with Crippen molar-refractivity contribution in [3.8, 4) is 17.2 Å². The third kappa shape index (κ3) is 7.96. The second kappa shape index (κ2) is 12.6. The van der Waals surface area contributed by atoms with Crippen molar-refractivity contribution in [2.75, 3.05) is 13.2 Å². The quantitative estimate of drug-likeness (QED) is 0.356. The first-order chi connectivity index (χ1) is 17.6. The van der Waals surface area contributed by atoms with Gasteiger partial charge in [0.25, 0.3) is 5.91 Å². The number of carbonyl (C=O) groups is 3. The third-order valence-electron chi connectivity index (χ3n) is 5.34. The van der Waals surface area contributed by atoms with Crippen LogP contribution in [0, 0.1) is 11.3 Å². The number of hydrogen-bond acceptors (Lipinski definition) is 5. The largest absolute Gasteiger partial charge is 0.445 e. The lowest BCUT2D eigenvalue weighted by Crippen LogP contribution is -2.44. The van der Waals surface area contributed by atoms with Crippen LogP contribution in [0.3, 0.4) is 0 Å². The van der Waals surface area contributed by atoms with Gasteiger partial charge in [0, 0.05) is 19.0 Å². The van der Waals surface area contributed by atoms with Crippen LogP contribution < -0.4 is 5.32 Å². The highest BCUT2D eigenvalue weighted by Crippen LogP contribution is 2.28. The molecule has 3 amide bonds. The van der Waals surface area contributed by atoms with Gasteiger partial charge in [0.15, 0.2) is 0 Å². The van der Waals surface area contributed by atoms with Gasteiger partial charge < -0.3 is 10.1 Å². The molecule has 0 spiro atoms. The molecule has 37 heavy (non-hydrogen) atoms. The van der Waals surface area contributed by atoms with E-state index >= 15 is 0 Å². The maximum atomic E-state index is 13.4. The van der Waals surface area contributed by atoms with Gasteiger partial charge in [-0.1, -0.05) is 89.4 Å². The van der Waals surface area contributed by atoms with Crippen LogP contribution >= 0.6 is 34.8 Å². The molecule has 0 heterocycles. The van der Waals surface area contributed by atoms with Crippen molar-refractivity contribution < 1.29 is 19.1 Å². The van der Waals surface area contributed by atoms with Crippen LogP contribution in [-0.2, 0) is 9.53 Å². The second-order valence-electron chi connectivity index (χ2n) is 7.96. The number of nitrogens with zero attached hydrogens (tertiary/aromatic N) is 2. The summed E-state index contributed by atoms with van der Waals surface area (Å²) in [7, 11) is 0. The Morgan fingerprint density at radius 1 is 0.946 bits per heavy atom. The summed E-state index contributed by atoms with van der Waals surface area (Å²) >= 11 is 16.9. The molecule has 3 aromatic rings. The monoisotopic (exact) mass is 557 g/mol. The zero-order valence-corrected chi connectivity index (χ0v) is 21.9. The van der Waals surface area contributed by atoms with Gasteiger partial charge in [-0.15, -0.1) is 0 Å². The summed E-state index contributed by atoms with van der Waals surface area (Å²) in [6.45, 7) is 0.611. The lowest BCUT2D eigenvalue weighted by atomic mass is 9.99. The van der Waals surface area contributed by atoms with Crippen LogP contribution in [-0.4, -0.2) is 39.8 Å². The van der Waals surface area contributed by atoms with Crippen molar-refractivity contribution in [3.05, 3.63) is 95.6 Å². The van der Waals surface area contributed by atoms with Crippen molar-refractivity contribution in [3.63, 3.8) is 0 Å². The maximum absolute atomic E-state index is 13.4. The zero-order valence-electron chi connectivity index (χ0n) is 19.7. The van der Waals surface area contributed by atoms with Crippen LogP contribution in [0.1, 0.15) is 34.5 Å². The number of rotatable bonds is 7. The van der Waals surface area contributed by atoms with Crippen molar-refractivity contribution in [2.24, 2.45) is 0 Å². The number of nitrogens with one attached hydrogen (secondary N) is 1. The minimum absolute atomic E-state index is 0.162. The van der Waals surface area contributed by atoms with E-state index in [1.807, 2.05) is 48.5 Å². The van der Waals surface area contributed by atoms with Gasteiger partial charge in [-0.3, -0.25) is 14.5 Å². The van der Waals surface area contributed by atoms with E-state index in [0.29, 0.717) is 11.1 Å². The fourth-order valence-electron chi connectivity index (χ4n) is 3.60. The molecule has 0 aromatic heterocycles. The lowest BCUT2D eigenvalue weighted by molar-refractivity contribution is -0.128. The van der Waals surface area contributed by atoms with E-state index in [9.17, 15) is 14.4 Å². The Bertz CT molecular complexity index is 1290. The first-order valence-electron chi connectivity index (χ1n) is 11.1. The highest BCUT2D eigenvalue weighted by atomic mass is 35.6. The van der Waals surface area contributed by atoms with E-state index in [2.05, 4.69) is 5.32 Å². The Kier molecular flexibility index (Phi) is 9.54. The van der Waals surface area contributed by atoms with E-state index in [-0.39, 0.29) is 12.1 Å². The summed E-state index contributed by atoms with van der Waals surface area (Å²) in [6.07, 6.45) is -0.883. The Morgan fingerprint density at radius 2 is 1.54 bits per heavy atom. The molecular formula is C27H22Cl3N3O4. The van der Waals surface area contributed by atoms with Crippen molar-refractivity contribution >= 4 is 52.7 Å². The van der Waals surface area contributed by atoms with Gasteiger partial charge in [-0.25, -0.2) is 4.79 Å². The van der Waals surface area contributed by atoms with Gasteiger partial charge in [-0.05, 0) is 41.0 Å². The van der Waals surface area contributed by atoms with Gasteiger partial charge >= 0.3 is 6.09 Å². The van der Waals surface area contributed by atoms with E-state index in [1.165, 1.54) is 31.2 Å². The predicted molar refractivity (Wildman–Crippen MR) is 142 cm³/mol. The topological polar surface area (TPSA) is 99.5 Å². The minimum atomic E-state index is -1.79. The highest BCUT2D eigenvalue weighted by molar-refractivity contribution is 6.67. The first-order valence-corrected chi connectivity index (χ1v) is 12.2. The summed E-state index contributed by atoms with van der Waals surface area (Å²) in [5.74, 6) is -1.13. The number of hydrogen-bond donors (Lipinski definition) is 1. The van der Waals surface area contributed by atoms with Crippen LogP contribution in [0.2, 0.25) is 0 Å². The van der Waals surface area contributed by atoms with Gasteiger partial charge in [-0.2, -0.15) is 5.26 Å². The van der Waals surface area contributed by atoms with E-state index < -0.39 is 34.3 Å². The number of halogens is 3. The third-order valence-corrected chi connectivity index (χ3v) is 5.67. The zero-order chi connectivity index (χ0) is 27.0. The lowest BCUT2D eigenvalue weighted by Gasteiger charge is -2.30. The smallest absolute Gasteiger partial charge is 0.407 e. The molecule has 0 saturated heterocycles. The van der Waals surface area contributed by atoms with E-state index in [4.69, 9.17) is 44.8 Å². The number of alkyl halides is 3. The molecule has 1 N–H and O–H groups in total. The van der Waals surface area contributed by atoms with Crippen molar-refractivity contribution in [2.45, 2.75) is 16.8 Å². The SMILES string of the molecule is CC(=O)N(C(=O)c1ccc(C#N)cc1)C(CNC(=O)OCC(Cl)(Cl)Cl)c1ccc(-c2ccccc2)cc1. The number of amides is 3. The fourth-order valence-corrected chi connectivity index (χ4v) is 3.76. The van der Waals surface area contributed by atoms with E-state index in [0.717, 1.165) is 16.0 Å². The molecule has 0 bridgehead atoms. The molecule has 1 unspecified atom stereocenters. The predicted octanol–water partition coefficient (Wildman–Crippen LogP) is 6.05. The van der Waals surface area contributed by atoms with Crippen LogP contribution in [0.4, 0.5) is 4.79 Å². The van der Waals surface area contributed by atoms with Crippen LogP contribution in [0.15, 0.2) is 78.9 Å². The number of carbonyl (C=O) groups excluding carboxylic acids is 3. The van der Waals surface area contributed by atoms with Crippen LogP contribution in [0.25, 0.3) is 11.1 Å². The molecule has 0 aliphatic heterocycles. The molecular weight excluding hydrogens is 537 g/mol. The summed E-state index contributed by atoms with van der Waals surface area (Å²) < 4.78 is 3.12.